The summed E-state index contributed by atoms with van der Waals surface area (Å²) in [5.74, 6) is -0.415. The van der Waals surface area contributed by atoms with Crippen LogP contribution in [0.3, 0.4) is 0 Å². The van der Waals surface area contributed by atoms with Crippen LogP contribution in [0.5, 0.6) is 0 Å². The van der Waals surface area contributed by atoms with Crippen LogP contribution in [0.1, 0.15) is 37.0 Å². The zero-order valence-corrected chi connectivity index (χ0v) is 10.7. The second kappa shape index (κ2) is 6.42. The lowest BCUT2D eigenvalue weighted by atomic mass is 10.1. The molecular weight excluding hydrogens is 244 g/mol. The third-order valence-electron chi connectivity index (χ3n) is 2.22. The quantitative estimate of drug-likeness (QED) is 0.734. The van der Waals surface area contributed by atoms with E-state index in [0.29, 0.717) is 12.1 Å². The molecule has 1 rings (SSSR count). The van der Waals surface area contributed by atoms with Gasteiger partial charge in [-0.2, -0.15) is 0 Å². The summed E-state index contributed by atoms with van der Waals surface area (Å²) < 4.78 is 30.7. The van der Waals surface area contributed by atoms with Crippen LogP contribution in [-0.4, -0.2) is 34.0 Å². The Balaban J connectivity index is 3.02. The van der Waals surface area contributed by atoms with Crippen molar-refractivity contribution >= 4 is 5.97 Å². The summed E-state index contributed by atoms with van der Waals surface area (Å²) >= 11 is 0. The highest BCUT2D eigenvalue weighted by Crippen LogP contribution is 2.14. The van der Waals surface area contributed by atoms with Crippen molar-refractivity contribution in [3.05, 3.63) is 11.4 Å². The number of carbonyl (C=O) groups is 1. The van der Waals surface area contributed by atoms with E-state index in [4.69, 9.17) is 4.74 Å². The van der Waals surface area contributed by atoms with Gasteiger partial charge in [-0.15, -0.1) is 5.10 Å². The molecule has 0 radical (unpaired) electrons. The van der Waals surface area contributed by atoms with Gasteiger partial charge >= 0.3 is 5.97 Å². The molecule has 0 aliphatic carbocycles. The number of aromatic nitrogens is 3. The lowest BCUT2D eigenvalue weighted by Crippen LogP contribution is -2.16. The molecule has 0 fully saturated rings. The molecule has 0 bridgehead atoms. The van der Waals surface area contributed by atoms with Gasteiger partial charge in [-0.1, -0.05) is 19.1 Å². The van der Waals surface area contributed by atoms with Crippen LogP contribution in [0.2, 0.25) is 0 Å². The maximum atomic E-state index is 12.4. The van der Waals surface area contributed by atoms with Crippen molar-refractivity contribution in [1.29, 1.82) is 0 Å². The molecule has 0 aromatic carbocycles. The monoisotopic (exact) mass is 261 g/mol. The summed E-state index contributed by atoms with van der Waals surface area (Å²) in [6, 6.07) is 0. The molecule has 18 heavy (non-hydrogen) atoms. The van der Waals surface area contributed by atoms with Gasteiger partial charge in [0.25, 0.3) is 6.43 Å². The van der Waals surface area contributed by atoms with Gasteiger partial charge < -0.3 is 4.74 Å². The van der Waals surface area contributed by atoms with Crippen LogP contribution in [-0.2, 0) is 17.7 Å². The number of hydrogen-bond acceptors (Lipinski definition) is 4. The van der Waals surface area contributed by atoms with Gasteiger partial charge in [0, 0.05) is 0 Å². The van der Waals surface area contributed by atoms with E-state index in [1.807, 2.05) is 13.8 Å². The van der Waals surface area contributed by atoms with Gasteiger partial charge in [-0.3, -0.25) is 0 Å². The molecule has 7 heteroatoms. The maximum Gasteiger partial charge on any atom is 0.360 e. The first-order chi connectivity index (χ1) is 8.45. The average molecular weight is 261 g/mol. The van der Waals surface area contributed by atoms with Crippen molar-refractivity contribution in [1.82, 2.24) is 15.0 Å². The molecule has 5 nitrogen and oxygen atoms in total. The minimum atomic E-state index is -2.53. The highest BCUT2D eigenvalue weighted by Gasteiger charge is 2.22. The molecule has 0 unspecified atom stereocenters. The van der Waals surface area contributed by atoms with Crippen LogP contribution in [0.15, 0.2) is 0 Å². The van der Waals surface area contributed by atoms with Gasteiger partial charge in [0.1, 0.15) is 6.54 Å². The van der Waals surface area contributed by atoms with Crippen LogP contribution in [0.25, 0.3) is 0 Å². The van der Waals surface area contributed by atoms with E-state index < -0.39 is 18.9 Å². The SMILES string of the molecule is CCOC(=O)c1nnn(CC(F)F)c1CC(C)C. The van der Waals surface area contributed by atoms with E-state index >= 15 is 0 Å². The largest absolute Gasteiger partial charge is 0.461 e. The molecule has 0 amide bonds. The normalized spacial score (nSPS) is 11.3. The van der Waals surface area contributed by atoms with Crippen LogP contribution in [0.4, 0.5) is 8.78 Å². The number of ether oxygens (including phenoxy) is 1. The number of halogens is 2. The Morgan fingerprint density at radius 1 is 1.44 bits per heavy atom. The number of esters is 1. The Kier molecular flexibility index (Phi) is 5.18. The first-order valence-corrected chi connectivity index (χ1v) is 5.83. The molecule has 0 aliphatic heterocycles. The van der Waals surface area contributed by atoms with E-state index in [-0.39, 0.29) is 18.2 Å². The molecule has 1 aromatic rings. The lowest BCUT2D eigenvalue weighted by Gasteiger charge is -2.09. The third-order valence-corrected chi connectivity index (χ3v) is 2.22. The van der Waals surface area contributed by atoms with E-state index in [1.165, 1.54) is 0 Å². The second-order valence-corrected chi connectivity index (χ2v) is 4.28. The number of carbonyl (C=O) groups excluding carboxylic acids is 1. The highest BCUT2D eigenvalue weighted by atomic mass is 19.3. The summed E-state index contributed by atoms with van der Waals surface area (Å²) in [7, 11) is 0. The minimum absolute atomic E-state index is 0.0335. The Bertz CT molecular complexity index is 405. The first kappa shape index (κ1) is 14.5. The number of hydrogen-bond donors (Lipinski definition) is 0. The standard InChI is InChI=1S/C11H17F2N3O2/c1-4-18-11(17)10-8(5-7(2)3)16(15-14-10)6-9(12)13/h7,9H,4-6H2,1-3H3. The molecule has 0 N–H and O–H groups in total. The summed E-state index contributed by atoms with van der Waals surface area (Å²) in [5, 5.41) is 7.24. The lowest BCUT2D eigenvalue weighted by molar-refractivity contribution is 0.0517. The molecule has 0 aliphatic rings. The van der Waals surface area contributed by atoms with Crippen molar-refractivity contribution in [2.24, 2.45) is 5.92 Å². The van der Waals surface area contributed by atoms with Gasteiger partial charge in [-0.25, -0.2) is 18.3 Å². The smallest absolute Gasteiger partial charge is 0.360 e. The summed E-state index contributed by atoms with van der Waals surface area (Å²) in [6.45, 7) is 5.17. The van der Waals surface area contributed by atoms with E-state index in [9.17, 15) is 13.6 Å². The average Bonchev–Trinajstić information content (AvgIpc) is 2.60. The van der Waals surface area contributed by atoms with Crippen molar-refractivity contribution in [2.75, 3.05) is 6.61 Å². The number of nitrogens with zero attached hydrogens (tertiary/aromatic N) is 3. The van der Waals surface area contributed by atoms with Crippen LogP contribution in [0, 0.1) is 5.92 Å². The molecule has 0 saturated heterocycles. The summed E-state index contributed by atoms with van der Waals surface area (Å²) in [6.07, 6.45) is -2.08. The predicted octanol–water partition coefficient (Wildman–Crippen LogP) is 1.92. The van der Waals surface area contributed by atoms with Gasteiger partial charge in [0.15, 0.2) is 5.69 Å². The molecule has 0 atom stereocenters. The van der Waals surface area contributed by atoms with E-state index in [1.54, 1.807) is 6.92 Å². The van der Waals surface area contributed by atoms with Gasteiger partial charge in [0.05, 0.1) is 12.3 Å². The van der Waals surface area contributed by atoms with Crippen molar-refractivity contribution in [3.8, 4) is 0 Å². The van der Waals surface area contributed by atoms with Crippen LogP contribution >= 0.6 is 0 Å². The summed E-state index contributed by atoms with van der Waals surface area (Å²) in [4.78, 5) is 11.6. The Hall–Kier alpha value is -1.53. The fourth-order valence-electron chi connectivity index (χ4n) is 1.56. The second-order valence-electron chi connectivity index (χ2n) is 4.28. The molecule has 0 saturated carbocycles. The fraction of sp³-hybridized carbons (Fsp3) is 0.727. The maximum absolute atomic E-state index is 12.4. The number of alkyl halides is 2. The van der Waals surface area contributed by atoms with Gasteiger partial charge in [0.2, 0.25) is 0 Å². The molecule has 0 spiro atoms. The zero-order chi connectivity index (χ0) is 13.7. The van der Waals surface area contributed by atoms with Crippen LogP contribution < -0.4 is 0 Å². The van der Waals surface area contributed by atoms with Crippen molar-refractivity contribution < 1.29 is 18.3 Å². The fourth-order valence-corrected chi connectivity index (χ4v) is 1.56. The Morgan fingerprint density at radius 2 is 2.11 bits per heavy atom. The number of rotatable bonds is 6. The first-order valence-electron chi connectivity index (χ1n) is 5.83. The molecule has 1 heterocycles. The van der Waals surface area contributed by atoms with E-state index in [2.05, 4.69) is 10.3 Å². The topological polar surface area (TPSA) is 57.0 Å². The molecular formula is C11H17F2N3O2. The highest BCUT2D eigenvalue weighted by molar-refractivity contribution is 5.88. The zero-order valence-electron chi connectivity index (χ0n) is 10.7. The van der Waals surface area contributed by atoms with E-state index in [0.717, 1.165) is 4.68 Å². The predicted molar refractivity (Wildman–Crippen MR) is 60.5 cm³/mol. The molecule has 102 valence electrons. The van der Waals surface area contributed by atoms with Crippen molar-refractivity contribution in [3.63, 3.8) is 0 Å². The molecule has 1 aromatic heterocycles. The van der Waals surface area contributed by atoms with Crippen molar-refractivity contribution in [2.45, 2.75) is 40.2 Å². The Morgan fingerprint density at radius 3 is 2.61 bits per heavy atom. The Labute approximate surface area is 104 Å². The van der Waals surface area contributed by atoms with Gasteiger partial charge in [-0.05, 0) is 19.3 Å². The minimum Gasteiger partial charge on any atom is -0.461 e. The summed E-state index contributed by atoms with van der Waals surface area (Å²) in [5.41, 5.74) is 0.440. The third kappa shape index (κ3) is 3.75.